The first kappa shape index (κ1) is 17.9. The maximum Gasteiger partial charge on any atom is 0.157 e. The largest absolute Gasteiger partial charge is 0.378 e. The molecule has 0 aromatic rings. The number of epoxide rings is 1. The van der Waals surface area contributed by atoms with Crippen molar-refractivity contribution in [3.63, 3.8) is 0 Å². The summed E-state index contributed by atoms with van der Waals surface area (Å²) in [6.45, 7) is 4.63. The molecule has 0 aromatic carbocycles. The molecule has 1 rings (SSSR count). The summed E-state index contributed by atoms with van der Waals surface area (Å²) in [5, 5.41) is 0. The Morgan fingerprint density at radius 1 is 1.10 bits per heavy atom. The van der Waals surface area contributed by atoms with Gasteiger partial charge in [0.05, 0.1) is 13.2 Å². The van der Waals surface area contributed by atoms with Crippen molar-refractivity contribution in [2.75, 3.05) is 34.0 Å². The van der Waals surface area contributed by atoms with E-state index in [4.69, 9.17) is 18.9 Å². The van der Waals surface area contributed by atoms with Crippen LogP contribution in [0.15, 0.2) is 0 Å². The molecule has 0 spiro atoms. The number of rotatable bonds is 14. The fourth-order valence-electron chi connectivity index (χ4n) is 2.40. The fraction of sp³-hybridized carbons (Fsp3) is 1.00. The predicted octanol–water partition coefficient (Wildman–Crippen LogP) is 3.39. The third-order valence-corrected chi connectivity index (χ3v) is 3.83. The highest BCUT2D eigenvalue weighted by Gasteiger charge is 2.23. The van der Waals surface area contributed by atoms with Crippen LogP contribution in [0.3, 0.4) is 0 Å². The summed E-state index contributed by atoms with van der Waals surface area (Å²) < 4.78 is 21.5. The van der Waals surface area contributed by atoms with E-state index in [2.05, 4.69) is 6.92 Å². The van der Waals surface area contributed by atoms with Gasteiger partial charge < -0.3 is 18.9 Å². The van der Waals surface area contributed by atoms with Gasteiger partial charge in [-0.3, -0.25) is 0 Å². The van der Waals surface area contributed by atoms with Crippen molar-refractivity contribution in [2.45, 2.75) is 64.3 Å². The zero-order valence-electron chi connectivity index (χ0n) is 13.4. The zero-order valence-corrected chi connectivity index (χ0v) is 13.4. The average Bonchev–Trinajstić information content (AvgIpc) is 3.27. The van der Waals surface area contributed by atoms with Crippen LogP contribution in [0.4, 0.5) is 0 Å². The van der Waals surface area contributed by atoms with Gasteiger partial charge in [-0.2, -0.15) is 0 Å². The summed E-state index contributed by atoms with van der Waals surface area (Å²) in [4.78, 5) is 0. The molecule has 0 aromatic heterocycles. The molecule has 120 valence electrons. The Morgan fingerprint density at radius 2 is 1.80 bits per heavy atom. The second kappa shape index (κ2) is 11.5. The van der Waals surface area contributed by atoms with Crippen LogP contribution in [0.2, 0.25) is 0 Å². The minimum atomic E-state index is -0.114. The molecule has 0 radical (unpaired) electrons. The lowest BCUT2D eigenvalue weighted by Gasteiger charge is -2.21. The molecule has 1 heterocycles. The van der Waals surface area contributed by atoms with E-state index < -0.39 is 0 Å². The van der Waals surface area contributed by atoms with Crippen LogP contribution < -0.4 is 0 Å². The Bertz CT molecular complexity index is 215. The van der Waals surface area contributed by atoms with Crippen molar-refractivity contribution in [1.29, 1.82) is 0 Å². The average molecular weight is 288 g/mol. The van der Waals surface area contributed by atoms with E-state index >= 15 is 0 Å². The molecule has 1 fully saturated rings. The van der Waals surface area contributed by atoms with Gasteiger partial charge in [0.15, 0.2) is 6.29 Å². The van der Waals surface area contributed by atoms with Crippen molar-refractivity contribution in [3.8, 4) is 0 Å². The second-order valence-electron chi connectivity index (χ2n) is 5.70. The smallest absolute Gasteiger partial charge is 0.157 e. The van der Waals surface area contributed by atoms with E-state index in [1.54, 1.807) is 14.2 Å². The Morgan fingerprint density at radius 3 is 2.40 bits per heavy atom. The summed E-state index contributed by atoms with van der Waals surface area (Å²) in [6, 6.07) is 0. The SMILES string of the molecule is CCCCCCCC(COCC1CO1)CC(OC)OC. The number of ether oxygens (including phenoxy) is 4. The van der Waals surface area contributed by atoms with Crippen LogP contribution >= 0.6 is 0 Å². The Hall–Kier alpha value is -0.160. The van der Waals surface area contributed by atoms with Crippen LogP contribution in [0, 0.1) is 5.92 Å². The molecular formula is C16H32O4. The number of unbranched alkanes of at least 4 members (excludes halogenated alkanes) is 4. The topological polar surface area (TPSA) is 40.2 Å². The van der Waals surface area contributed by atoms with E-state index in [0.29, 0.717) is 12.0 Å². The molecule has 1 aliphatic heterocycles. The first-order valence-electron chi connectivity index (χ1n) is 8.05. The Kier molecular flexibility index (Phi) is 10.3. The predicted molar refractivity (Wildman–Crippen MR) is 79.8 cm³/mol. The standard InChI is InChI=1S/C16H32O4/c1-4-5-6-7-8-9-14(10-16(17-2)18-3)11-19-12-15-13-20-15/h14-16H,4-13H2,1-3H3. The third-order valence-electron chi connectivity index (χ3n) is 3.83. The van der Waals surface area contributed by atoms with Gasteiger partial charge in [0.25, 0.3) is 0 Å². The van der Waals surface area contributed by atoms with Crippen molar-refractivity contribution in [3.05, 3.63) is 0 Å². The summed E-state index contributed by atoms with van der Waals surface area (Å²) in [6.07, 6.45) is 8.91. The van der Waals surface area contributed by atoms with Gasteiger partial charge in [-0.15, -0.1) is 0 Å². The van der Waals surface area contributed by atoms with E-state index in [0.717, 1.165) is 26.2 Å². The highest BCUT2D eigenvalue weighted by molar-refractivity contribution is 4.68. The summed E-state index contributed by atoms with van der Waals surface area (Å²) in [7, 11) is 3.40. The minimum Gasteiger partial charge on any atom is -0.378 e. The lowest BCUT2D eigenvalue weighted by molar-refractivity contribution is -0.119. The molecule has 0 saturated carbocycles. The van der Waals surface area contributed by atoms with Gasteiger partial charge in [0, 0.05) is 27.2 Å². The normalized spacial score (nSPS) is 19.5. The summed E-state index contributed by atoms with van der Waals surface area (Å²) in [5.74, 6) is 0.514. The molecule has 0 bridgehead atoms. The van der Waals surface area contributed by atoms with Crippen molar-refractivity contribution in [1.82, 2.24) is 0 Å². The van der Waals surface area contributed by atoms with Gasteiger partial charge in [0.1, 0.15) is 6.10 Å². The second-order valence-corrected chi connectivity index (χ2v) is 5.70. The Balaban J connectivity index is 2.17. The number of hydrogen-bond donors (Lipinski definition) is 0. The van der Waals surface area contributed by atoms with E-state index in [1.807, 2.05) is 0 Å². The molecule has 4 heteroatoms. The van der Waals surface area contributed by atoms with Crippen LogP contribution in [-0.4, -0.2) is 46.4 Å². The number of hydrogen-bond acceptors (Lipinski definition) is 4. The summed E-state index contributed by atoms with van der Waals surface area (Å²) >= 11 is 0. The van der Waals surface area contributed by atoms with Gasteiger partial charge in [-0.05, 0) is 12.3 Å². The molecule has 2 atom stereocenters. The maximum absolute atomic E-state index is 5.75. The number of methoxy groups -OCH3 is 2. The molecule has 1 aliphatic rings. The van der Waals surface area contributed by atoms with Crippen molar-refractivity contribution >= 4 is 0 Å². The lowest BCUT2D eigenvalue weighted by atomic mass is 9.97. The molecule has 0 aliphatic carbocycles. The van der Waals surface area contributed by atoms with Crippen molar-refractivity contribution < 1.29 is 18.9 Å². The van der Waals surface area contributed by atoms with Crippen LogP contribution in [0.25, 0.3) is 0 Å². The fourth-order valence-corrected chi connectivity index (χ4v) is 2.40. The highest BCUT2D eigenvalue weighted by Crippen LogP contribution is 2.20. The molecule has 2 unspecified atom stereocenters. The lowest BCUT2D eigenvalue weighted by Crippen LogP contribution is -2.22. The van der Waals surface area contributed by atoms with Gasteiger partial charge >= 0.3 is 0 Å². The third kappa shape index (κ3) is 8.90. The van der Waals surface area contributed by atoms with Crippen LogP contribution in [0.1, 0.15) is 51.9 Å². The van der Waals surface area contributed by atoms with Gasteiger partial charge in [-0.1, -0.05) is 39.0 Å². The monoisotopic (exact) mass is 288 g/mol. The quantitative estimate of drug-likeness (QED) is 0.279. The van der Waals surface area contributed by atoms with E-state index in [1.165, 1.54) is 38.5 Å². The molecule has 4 nitrogen and oxygen atoms in total. The highest BCUT2D eigenvalue weighted by atomic mass is 16.7. The molecular weight excluding hydrogens is 256 g/mol. The molecule has 0 N–H and O–H groups in total. The molecule has 0 amide bonds. The van der Waals surface area contributed by atoms with Gasteiger partial charge in [0.2, 0.25) is 0 Å². The van der Waals surface area contributed by atoms with Crippen molar-refractivity contribution in [2.24, 2.45) is 5.92 Å². The first-order chi connectivity index (χ1) is 9.80. The van der Waals surface area contributed by atoms with E-state index in [9.17, 15) is 0 Å². The van der Waals surface area contributed by atoms with Gasteiger partial charge in [-0.25, -0.2) is 0 Å². The van der Waals surface area contributed by atoms with E-state index in [-0.39, 0.29) is 6.29 Å². The van der Waals surface area contributed by atoms with Crippen LogP contribution in [-0.2, 0) is 18.9 Å². The van der Waals surface area contributed by atoms with Crippen LogP contribution in [0.5, 0.6) is 0 Å². The Labute approximate surface area is 124 Å². The zero-order chi connectivity index (χ0) is 14.6. The minimum absolute atomic E-state index is 0.114. The molecule has 1 saturated heterocycles. The maximum atomic E-state index is 5.75. The summed E-state index contributed by atoms with van der Waals surface area (Å²) in [5.41, 5.74) is 0. The molecule has 20 heavy (non-hydrogen) atoms. The first-order valence-corrected chi connectivity index (χ1v) is 8.05.